The van der Waals surface area contributed by atoms with Crippen molar-refractivity contribution in [2.24, 2.45) is 4.99 Å². The van der Waals surface area contributed by atoms with E-state index in [-0.39, 0.29) is 27.4 Å². The van der Waals surface area contributed by atoms with Gasteiger partial charge in [0, 0.05) is 17.3 Å². The molecule has 1 N–H and O–H groups in total. The average molecular weight is 443 g/mol. The van der Waals surface area contributed by atoms with Crippen LogP contribution in [0.25, 0.3) is 11.0 Å². The Morgan fingerprint density at radius 2 is 1.72 bits per heavy atom. The Morgan fingerprint density at radius 1 is 1.07 bits per heavy atom. The molecule has 0 aliphatic carbocycles. The SMILES string of the molecule is CC(=O)NC(=O)c1cc2cc(Cl)cc(Cl)c2oc1=Nc1ccc(C(F)(F)F)cc1. The van der Waals surface area contributed by atoms with E-state index in [0.717, 1.165) is 31.2 Å². The minimum Gasteiger partial charge on any atom is -0.436 e. The fraction of sp³-hybridized carbons (Fsp3) is 0.105. The molecule has 3 rings (SSSR count). The predicted octanol–water partition coefficient (Wildman–Crippen LogP) is 5.27. The lowest BCUT2D eigenvalue weighted by Crippen LogP contribution is -2.32. The zero-order chi connectivity index (χ0) is 21.3. The lowest BCUT2D eigenvalue weighted by atomic mass is 10.1. The first-order valence-electron chi connectivity index (χ1n) is 8.01. The second kappa shape index (κ2) is 7.88. The third-order valence-corrected chi connectivity index (χ3v) is 4.22. The van der Waals surface area contributed by atoms with E-state index < -0.39 is 23.6 Å². The third-order valence-electron chi connectivity index (χ3n) is 3.73. The molecular weight excluding hydrogens is 432 g/mol. The van der Waals surface area contributed by atoms with Crippen LogP contribution in [0, 0.1) is 0 Å². The Hall–Kier alpha value is -2.84. The van der Waals surface area contributed by atoms with Crippen LogP contribution in [0.15, 0.2) is 51.9 Å². The molecule has 2 aromatic carbocycles. The first-order chi connectivity index (χ1) is 13.5. The fourth-order valence-corrected chi connectivity index (χ4v) is 3.03. The fourth-order valence-electron chi connectivity index (χ4n) is 2.48. The minimum absolute atomic E-state index is 0.100. The van der Waals surface area contributed by atoms with Crippen molar-refractivity contribution in [1.82, 2.24) is 5.32 Å². The molecule has 0 atom stereocenters. The number of carbonyl (C=O) groups excluding carboxylic acids is 2. The highest BCUT2D eigenvalue weighted by Gasteiger charge is 2.30. The number of alkyl halides is 3. The molecular formula is C19H11Cl2F3N2O3. The summed E-state index contributed by atoms with van der Waals surface area (Å²) in [6.07, 6.45) is -4.49. The van der Waals surface area contributed by atoms with Crippen LogP contribution >= 0.6 is 23.2 Å². The van der Waals surface area contributed by atoms with E-state index in [0.29, 0.717) is 10.4 Å². The van der Waals surface area contributed by atoms with Gasteiger partial charge in [-0.3, -0.25) is 14.9 Å². The smallest absolute Gasteiger partial charge is 0.416 e. The molecule has 0 radical (unpaired) electrons. The second-order valence-electron chi connectivity index (χ2n) is 5.94. The van der Waals surface area contributed by atoms with Crippen molar-refractivity contribution in [2.45, 2.75) is 13.1 Å². The largest absolute Gasteiger partial charge is 0.436 e. The zero-order valence-corrected chi connectivity index (χ0v) is 16.1. The van der Waals surface area contributed by atoms with E-state index >= 15 is 0 Å². The van der Waals surface area contributed by atoms with E-state index in [2.05, 4.69) is 10.3 Å². The maximum atomic E-state index is 12.7. The summed E-state index contributed by atoms with van der Waals surface area (Å²) in [5.41, 5.74) is -0.936. The molecule has 0 spiro atoms. The van der Waals surface area contributed by atoms with Crippen molar-refractivity contribution in [3.63, 3.8) is 0 Å². The van der Waals surface area contributed by atoms with Gasteiger partial charge in [-0.05, 0) is 42.5 Å². The highest BCUT2D eigenvalue weighted by molar-refractivity contribution is 6.38. The highest BCUT2D eigenvalue weighted by Crippen LogP contribution is 2.31. The van der Waals surface area contributed by atoms with Crippen LogP contribution in [0.3, 0.4) is 0 Å². The number of carbonyl (C=O) groups is 2. The Morgan fingerprint density at radius 3 is 2.31 bits per heavy atom. The predicted molar refractivity (Wildman–Crippen MR) is 101 cm³/mol. The number of benzene rings is 2. The number of amides is 2. The lowest BCUT2D eigenvalue weighted by Gasteiger charge is -2.07. The molecule has 150 valence electrons. The molecule has 10 heteroatoms. The molecule has 29 heavy (non-hydrogen) atoms. The summed E-state index contributed by atoms with van der Waals surface area (Å²) in [6.45, 7) is 1.15. The summed E-state index contributed by atoms with van der Waals surface area (Å²) in [6, 6.07) is 8.24. The van der Waals surface area contributed by atoms with Gasteiger partial charge in [-0.1, -0.05) is 23.2 Å². The quantitative estimate of drug-likeness (QED) is 0.587. The third kappa shape index (κ3) is 4.78. The van der Waals surface area contributed by atoms with Crippen LogP contribution in [0.1, 0.15) is 22.8 Å². The maximum absolute atomic E-state index is 12.7. The number of rotatable bonds is 2. The molecule has 1 heterocycles. The van der Waals surface area contributed by atoms with Gasteiger partial charge in [0.2, 0.25) is 11.5 Å². The summed E-state index contributed by atoms with van der Waals surface area (Å²) < 4.78 is 43.8. The van der Waals surface area contributed by atoms with E-state index in [9.17, 15) is 22.8 Å². The molecule has 0 fully saturated rings. The highest BCUT2D eigenvalue weighted by atomic mass is 35.5. The molecule has 1 aromatic heterocycles. The normalized spacial score (nSPS) is 12.3. The van der Waals surface area contributed by atoms with Crippen molar-refractivity contribution in [1.29, 1.82) is 0 Å². The summed E-state index contributed by atoms with van der Waals surface area (Å²) in [5, 5.41) is 2.92. The molecule has 0 aliphatic rings. The number of nitrogens with zero attached hydrogens (tertiary/aromatic N) is 1. The summed E-state index contributed by atoms with van der Waals surface area (Å²) in [7, 11) is 0. The van der Waals surface area contributed by atoms with E-state index in [4.69, 9.17) is 27.6 Å². The lowest BCUT2D eigenvalue weighted by molar-refractivity contribution is -0.137. The van der Waals surface area contributed by atoms with Gasteiger partial charge in [0.15, 0.2) is 5.58 Å². The van der Waals surface area contributed by atoms with Crippen molar-refractivity contribution in [3.05, 3.63) is 69.2 Å². The standard InChI is InChI=1S/C19H11Cl2F3N2O3/c1-9(27)25-17(28)14-7-10-6-12(20)8-15(21)16(10)29-18(14)26-13-4-2-11(3-5-13)19(22,23)24/h2-8H,1H3,(H,25,27,28). The molecule has 0 aliphatic heterocycles. The number of hydrogen-bond donors (Lipinski definition) is 1. The van der Waals surface area contributed by atoms with E-state index in [1.165, 1.54) is 18.2 Å². The van der Waals surface area contributed by atoms with Crippen LogP contribution in [-0.2, 0) is 11.0 Å². The van der Waals surface area contributed by atoms with Crippen molar-refractivity contribution >= 4 is 51.7 Å². The van der Waals surface area contributed by atoms with Crippen LogP contribution in [0.2, 0.25) is 10.0 Å². The van der Waals surface area contributed by atoms with Gasteiger partial charge < -0.3 is 4.42 Å². The summed E-state index contributed by atoms with van der Waals surface area (Å²) in [4.78, 5) is 27.8. The Kier molecular flexibility index (Phi) is 5.68. The van der Waals surface area contributed by atoms with Gasteiger partial charge in [-0.25, -0.2) is 4.99 Å². The molecule has 0 unspecified atom stereocenters. The Bertz CT molecular complexity index is 1190. The zero-order valence-electron chi connectivity index (χ0n) is 14.6. The first kappa shape index (κ1) is 20.9. The molecule has 0 saturated heterocycles. The monoisotopic (exact) mass is 442 g/mol. The second-order valence-corrected chi connectivity index (χ2v) is 6.78. The molecule has 5 nitrogen and oxygen atoms in total. The van der Waals surface area contributed by atoms with Gasteiger partial charge in [-0.15, -0.1) is 0 Å². The van der Waals surface area contributed by atoms with E-state index in [1.807, 2.05) is 0 Å². The van der Waals surface area contributed by atoms with Crippen LogP contribution in [0.5, 0.6) is 0 Å². The van der Waals surface area contributed by atoms with Crippen LogP contribution in [-0.4, -0.2) is 11.8 Å². The molecule has 0 saturated carbocycles. The summed E-state index contributed by atoms with van der Waals surface area (Å²) in [5.74, 6) is -1.41. The summed E-state index contributed by atoms with van der Waals surface area (Å²) >= 11 is 12.1. The molecule has 0 bridgehead atoms. The van der Waals surface area contributed by atoms with Crippen molar-refractivity contribution < 1.29 is 27.2 Å². The van der Waals surface area contributed by atoms with Crippen LogP contribution < -0.4 is 10.9 Å². The maximum Gasteiger partial charge on any atom is 0.416 e. The van der Waals surface area contributed by atoms with E-state index in [1.54, 1.807) is 0 Å². The van der Waals surface area contributed by atoms with Gasteiger partial charge in [0.05, 0.1) is 16.3 Å². The van der Waals surface area contributed by atoms with Crippen molar-refractivity contribution in [2.75, 3.05) is 0 Å². The average Bonchev–Trinajstić information content (AvgIpc) is 2.60. The number of imide groups is 1. The van der Waals surface area contributed by atoms with Gasteiger partial charge in [-0.2, -0.15) is 13.2 Å². The Balaban J connectivity index is 2.22. The Labute approximate surface area is 171 Å². The van der Waals surface area contributed by atoms with Gasteiger partial charge >= 0.3 is 6.18 Å². The first-order valence-corrected chi connectivity index (χ1v) is 8.77. The topological polar surface area (TPSA) is 71.7 Å². The van der Waals surface area contributed by atoms with Crippen LogP contribution in [0.4, 0.5) is 18.9 Å². The minimum atomic E-state index is -4.49. The number of halogens is 5. The molecule has 3 aromatic rings. The molecule has 2 amide bonds. The number of fused-ring (bicyclic) bond motifs is 1. The number of hydrogen-bond acceptors (Lipinski definition) is 4. The number of nitrogens with one attached hydrogen (secondary N) is 1. The van der Waals surface area contributed by atoms with Gasteiger partial charge in [0.1, 0.15) is 5.56 Å². The van der Waals surface area contributed by atoms with Crippen molar-refractivity contribution in [3.8, 4) is 0 Å². The van der Waals surface area contributed by atoms with Gasteiger partial charge in [0.25, 0.3) is 5.91 Å².